The number of carbonyl (C=O) groups is 1. The molecule has 5 heterocycles. The van der Waals surface area contributed by atoms with Crippen LogP contribution >= 0.6 is 0 Å². The van der Waals surface area contributed by atoms with Crippen LogP contribution in [-0.2, 0) is 6.42 Å². The zero-order valence-electron chi connectivity index (χ0n) is 25.2. The summed E-state index contributed by atoms with van der Waals surface area (Å²) in [7, 11) is 0. The monoisotopic (exact) mass is 632 g/mol. The Bertz CT molecular complexity index is 1800. The van der Waals surface area contributed by atoms with Crippen LogP contribution in [0, 0.1) is 16.7 Å². The fourth-order valence-electron chi connectivity index (χ4n) is 7.55. The van der Waals surface area contributed by atoms with Crippen LogP contribution < -0.4 is 15.1 Å². The van der Waals surface area contributed by atoms with E-state index in [-0.39, 0.29) is 17.0 Å². The van der Waals surface area contributed by atoms with Crippen LogP contribution in [-0.4, -0.2) is 88.7 Å². The van der Waals surface area contributed by atoms with Crippen molar-refractivity contribution in [2.24, 2.45) is 5.41 Å². The second kappa shape index (κ2) is 11.7. The van der Waals surface area contributed by atoms with Crippen molar-refractivity contribution < 1.29 is 23.1 Å². The molecule has 2 aromatic heterocycles. The average molecular weight is 633 g/mol. The number of hydrogen-bond donors (Lipinski definition) is 2. The topological polar surface area (TPSA) is 114 Å². The standard InChI is InChI=1S/C33H35F3N8O2/c34-33(35,36)16-22-5-6-27-26(13-22)30(40-21-39-27)42-19-32(20-42)7-10-41(11-8-32)29-14-23-3-1-2-4-28(23)44(29)24(17-37)15-25-18-38-9-12-43(25)31(45)46/h1-6,13-14,21,24-25,38H,7-12,15-16,18-20H2,(H,45,46). The minimum atomic E-state index is -4.29. The third-order valence-electron chi connectivity index (χ3n) is 9.86. The van der Waals surface area contributed by atoms with Crippen LogP contribution in [0.15, 0.2) is 54.9 Å². The number of rotatable bonds is 6. The Labute approximate surface area is 264 Å². The maximum Gasteiger partial charge on any atom is 0.407 e. The summed E-state index contributed by atoms with van der Waals surface area (Å²) in [5.41, 5.74) is 1.84. The predicted octanol–water partition coefficient (Wildman–Crippen LogP) is 5.20. The maximum atomic E-state index is 13.1. The van der Waals surface area contributed by atoms with Crippen LogP contribution in [0.25, 0.3) is 21.8 Å². The molecule has 2 unspecified atom stereocenters. The first-order valence-electron chi connectivity index (χ1n) is 15.6. The van der Waals surface area contributed by atoms with Crippen LogP contribution in [0.2, 0.25) is 0 Å². The largest absolute Gasteiger partial charge is 0.465 e. The van der Waals surface area contributed by atoms with Crippen molar-refractivity contribution in [3.63, 3.8) is 0 Å². The number of anilines is 2. The molecule has 1 amide bonds. The van der Waals surface area contributed by atoms with Gasteiger partial charge in [0.15, 0.2) is 0 Å². The van der Waals surface area contributed by atoms with Gasteiger partial charge in [-0.1, -0.05) is 24.3 Å². The Kier molecular flexibility index (Phi) is 7.63. The van der Waals surface area contributed by atoms with Gasteiger partial charge in [-0.2, -0.15) is 18.4 Å². The summed E-state index contributed by atoms with van der Waals surface area (Å²) in [6.45, 7) is 4.59. The molecule has 1 spiro atoms. The molecule has 0 saturated carbocycles. The Morgan fingerprint density at radius 3 is 2.61 bits per heavy atom. The summed E-state index contributed by atoms with van der Waals surface area (Å²) in [6, 6.07) is 16.4. The number of fused-ring (bicyclic) bond motifs is 2. The lowest BCUT2D eigenvalue weighted by molar-refractivity contribution is -0.127. The van der Waals surface area contributed by atoms with E-state index in [4.69, 9.17) is 0 Å². The van der Waals surface area contributed by atoms with E-state index in [1.807, 2.05) is 24.3 Å². The van der Waals surface area contributed by atoms with E-state index in [9.17, 15) is 28.3 Å². The molecule has 0 bridgehead atoms. The van der Waals surface area contributed by atoms with Crippen molar-refractivity contribution in [1.29, 1.82) is 5.26 Å². The number of piperazine rings is 1. The van der Waals surface area contributed by atoms with Crippen molar-refractivity contribution in [3.05, 3.63) is 60.4 Å². The van der Waals surface area contributed by atoms with Crippen LogP contribution in [0.4, 0.5) is 29.6 Å². The molecule has 0 aliphatic carbocycles. The van der Waals surface area contributed by atoms with Gasteiger partial charge >= 0.3 is 12.3 Å². The van der Waals surface area contributed by atoms with E-state index in [1.54, 1.807) is 12.1 Å². The zero-order chi connectivity index (χ0) is 32.1. The summed E-state index contributed by atoms with van der Waals surface area (Å²) in [4.78, 5) is 26.6. The van der Waals surface area contributed by atoms with E-state index in [2.05, 4.69) is 41.8 Å². The van der Waals surface area contributed by atoms with Crippen LogP contribution in [0.1, 0.15) is 30.9 Å². The molecule has 46 heavy (non-hydrogen) atoms. The minimum absolute atomic E-state index is 0.0680. The highest BCUT2D eigenvalue weighted by Crippen LogP contribution is 2.45. The maximum absolute atomic E-state index is 13.1. The summed E-state index contributed by atoms with van der Waals surface area (Å²) in [6.07, 6.45) is -2.55. The van der Waals surface area contributed by atoms with E-state index >= 15 is 0 Å². The summed E-state index contributed by atoms with van der Waals surface area (Å²) in [5, 5.41) is 25.1. The quantitative estimate of drug-likeness (QED) is 0.298. The molecule has 2 atom stereocenters. The highest BCUT2D eigenvalue weighted by atomic mass is 19.4. The van der Waals surface area contributed by atoms with Crippen molar-refractivity contribution in [1.82, 2.24) is 24.8 Å². The second-order valence-corrected chi connectivity index (χ2v) is 12.8. The molecule has 240 valence electrons. The van der Waals surface area contributed by atoms with Gasteiger partial charge in [0.25, 0.3) is 0 Å². The smallest absolute Gasteiger partial charge is 0.407 e. The molecular formula is C33H35F3N8O2. The highest BCUT2D eigenvalue weighted by Gasteiger charge is 2.46. The normalized spacial score (nSPS) is 20.6. The Balaban J connectivity index is 1.09. The number of para-hydroxylation sites is 1. The molecule has 4 aromatic rings. The first-order chi connectivity index (χ1) is 22.1. The van der Waals surface area contributed by atoms with Crippen LogP contribution in [0.5, 0.6) is 0 Å². The fraction of sp³-hybridized carbons (Fsp3) is 0.455. The molecule has 3 aliphatic rings. The van der Waals surface area contributed by atoms with Gasteiger partial charge in [-0.3, -0.25) is 0 Å². The van der Waals surface area contributed by atoms with Gasteiger partial charge in [0.1, 0.15) is 24.0 Å². The van der Waals surface area contributed by atoms with Gasteiger partial charge in [-0.25, -0.2) is 14.8 Å². The number of amides is 1. The lowest BCUT2D eigenvalue weighted by Crippen LogP contribution is -2.61. The fourth-order valence-corrected chi connectivity index (χ4v) is 7.55. The van der Waals surface area contributed by atoms with Gasteiger partial charge in [-0.15, -0.1) is 0 Å². The Morgan fingerprint density at radius 1 is 1.09 bits per heavy atom. The number of piperidine rings is 1. The number of nitriles is 1. The average Bonchev–Trinajstić information content (AvgIpc) is 3.41. The number of aromatic nitrogens is 3. The summed E-state index contributed by atoms with van der Waals surface area (Å²) < 4.78 is 41.3. The van der Waals surface area contributed by atoms with Gasteiger partial charge < -0.3 is 29.7 Å². The van der Waals surface area contributed by atoms with Crippen LogP contribution in [0.3, 0.4) is 0 Å². The molecular weight excluding hydrogens is 597 g/mol. The minimum Gasteiger partial charge on any atom is -0.465 e. The number of alkyl halides is 3. The lowest BCUT2D eigenvalue weighted by Gasteiger charge is -2.55. The first kappa shape index (κ1) is 30.1. The number of carboxylic acid groups (broad SMARTS) is 1. The molecule has 3 aliphatic heterocycles. The lowest BCUT2D eigenvalue weighted by atomic mass is 9.72. The number of hydrogen-bond acceptors (Lipinski definition) is 7. The molecule has 2 aromatic carbocycles. The van der Waals surface area contributed by atoms with E-state index in [1.165, 1.54) is 17.3 Å². The molecule has 2 N–H and O–H groups in total. The number of nitrogens with one attached hydrogen (secondary N) is 1. The molecule has 3 fully saturated rings. The van der Waals surface area contributed by atoms with Crippen molar-refractivity contribution >= 4 is 39.5 Å². The van der Waals surface area contributed by atoms with Crippen molar-refractivity contribution in [2.45, 2.75) is 43.9 Å². The van der Waals surface area contributed by atoms with Gasteiger partial charge in [0.05, 0.1) is 29.6 Å². The highest BCUT2D eigenvalue weighted by molar-refractivity contribution is 5.90. The SMILES string of the molecule is N#CC(CC1CNCCN1C(=O)O)n1c(N2CCC3(CC2)CN(c2ncnc4ccc(CC(F)(F)F)cc24)C3)cc2ccccc21. The summed E-state index contributed by atoms with van der Waals surface area (Å²) in [5.74, 6) is 1.63. The molecule has 3 saturated heterocycles. The summed E-state index contributed by atoms with van der Waals surface area (Å²) >= 11 is 0. The number of benzene rings is 2. The van der Waals surface area contributed by atoms with Gasteiger partial charge in [-0.05, 0) is 42.7 Å². The molecule has 13 heteroatoms. The Morgan fingerprint density at radius 2 is 1.87 bits per heavy atom. The van der Waals surface area contributed by atoms with E-state index in [0.717, 1.165) is 55.7 Å². The number of nitrogens with zero attached hydrogens (tertiary/aromatic N) is 7. The zero-order valence-corrected chi connectivity index (χ0v) is 25.2. The van der Waals surface area contributed by atoms with Crippen molar-refractivity contribution in [3.8, 4) is 6.07 Å². The third-order valence-corrected chi connectivity index (χ3v) is 9.86. The third kappa shape index (κ3) is 5.66. The van der Waals surface area contributed by atoms with Crippen molar-refractivity contribution in [2.75, 3.05) is 55.6 Å². The molecule has 0 radical (unpaired) electrons. The first-order valence-corrected chi connectivity index (χ1v) is 15.6. The van der Waals surface area contributed by atoms with E-state index in [0.29, 0.717) is 42.8 Å². The molecule has 7 rings (SSSR count). The molecule has 10 nitrogen and oxygen atoms in total. The second-order valence-electron chi connectivity index (χ2n) is 12.8. The Hall–Kier alpha value is -4.57. The predicted molar refractivity (Wildman–Crippen MR) is 168 cm³/mol. The van der Waals surface area contributed by atoms with E-state index < -0.39 is 24.7 Å². The number of halogens is 3. The van der Waals surface area contributed by atoms with Gasteiger partial charge in [0, 0.05) is 68.4 Å². The van der Waals surface area contributed by atoms with Gasteiger partial charge in [0.2, 0.25) is 0 Å².